The Kier molecular flexibility index (Phi) is 9.00. The van der Waals surface area contributed by atoms with E-state index < -0.39 is 39.3 Å². The number of benzene rings is 4. The summed E-state index contributed by atoms with van der Waals surface area (Å²) in [5.41, 5.74) is -2.57. The summed E-state index contributed by atoms with van der Waals surface area (Å²) >= 11 is 12.1. The lowest BCUT2D eigenvalue weighted by Gasteiger charge is -2.17. The molecule has 0 atom stereocenters. The minimum atomic E-state index is -4.89. The molecular formula is C28H20Cl2F3N3O5S. The highest BCUT2D eigenvalue weighted by Crippen LogP contribution is 2.37. The SMILES string of the molecule is CC(=O)Nc1ccc(NC(=O)c2cc(Cl)ccc2NS(=O)(=O)c2ccc(Oc3ccccc3Cl)cc2)c(C(F)(F)F)c1. The van der Waals surface area contributed by atoms with Crippen LogP contribution in [-0.4, -0.2) is 20.2 Å². The molecule has 0 aliphatic heterocycles. The maximum atomic E-state index is 13.8. The predicted octanol–water partition coefficient (Wildman–Crippen LogP) is 7.82. The molecule has 4 aromatic rings. The van der Waals surface area contributed by atoms with Crippen LogP contribution in [0.4, 0.5) is 30.2 Å². The van der Waals surface area contributed by atoms with Crippen LogP contribution in [-0.2, 0) is 21.0 Å². The Morgan fingerprint density at radius 1 is 0.833 bits per heavy atom. The van der Waals surface area contributed by atoms with Crippen LogP contribution < -0.4 is 20.1 Å². The number of hydrogen-bond acceptors (Lipinski definition) is 5. The lowest BCUT2D eigenvalue weighted by atomic mass is 10.1. The molecule has 0 aliphatic rings. The van der Waals surface area contributed by atoms with Gasteiger partial charge in [-0.1, -0.05) is 35.3 Å². The standard InChI is InChI=1S/C28H20Cl2F3N3O5S/c1-16(37)34-18-7-13-25(22(15-18)28(31,32)33)35-27(38)21-14-17(29)6-12-24(21)36-42(39,40)20-10-8-19(9-11-20)41-26-5-3-2-4-23(26)30/h2-15,36H,1H3,(H,34,37)(H,35,38). The quantitative estimate of drug-likeness (QED) is 0.182. The van der Waals surface area contributed by atoms with E-state index in [1.54, 1.807) is 24.3 Å². The van der Waals surface area contributed by atoms with E-state index in [2.05, 4.69) is 15.4 Å². The van der Waals surface area contributed by atoms with Crippen LogP contribution in [0.15, 0.2) is 89.8 Å². The first-order valence-electron chi connectivity index (χ1n) is 11.9. The molecule has 2 amide bonds. The summed E-state index contributed by atoms with van der Waals surface area (Å²) in [6, 6.07) is 18.4. The van der Waals surface area contributed by atoms with Gasteiger partial charge in [-0.05, 0) is 72.8 Å². The van der Waals surface area contributed by atoms with Gasteiger partial charge < -0.3 is 15.4 Å². The van der Waals surface area contributed by atoms with Gasteiger partial charge in [0.2, 0.25) is 5.91 Å². The Bertz CT molecular complexity index is 1770. The van der Waals surface area contributed by atoms with Gasteiger partial charge in [0.1, 0.15) is 11.5 Å². The molecule has 0 fully saturated rings. The maximum Gasteiger partial charge on any atom is 0.418 e. The fourth-order valence-electron chi connectivity index (χ4n) is 3.70. The Balaban J connectivity index is 1.59. The summed E-state index contributed by atoms with van der Waals surface area (Å²) in [5.74, 6) is -0.989. The monoisotopic (exact) mass is 637 g/mol. The summed E-state index contributed by atoms with van der Waals surface area (Å²) in [4.78, 5) is 24.2. The minimum Gasteiger partial charge on any atom is -0.456 e. The van der Waals surface area contributed by atoms with Crippen LogP contribution in [0.1, 0.15) is 22.8 Å². The average Bonchev–Trinajstić information content (AvgIpc) is 2.91. The van der Waals surface area contributed by atoms with Crippen LogP contribution in [0.2, 0.25) is 10.0 Å². The van der Waals surface area contributed by atoms with Crippen molar-refractivity contribution in [2.75, 3.05) is 15.4 Å². The van der Waals surface area contributed by atoms with E-state index in [9.17, 15) is 31.2 Å². The molecule has 0 unspecified atom stereocenters. The van der Waals surface area contributed by atoms with Gasteiger partial charge in [0.25, 0.3) is 15.9 Å². The molecule has 0 heterocycles. The third kappa shape index (κ3) is 7.52. The average molecular weight is 638 g/mol. The molecule has 0 bridgehead atoms. The number of carbonyl (C=O) groups excluding carboxylic acids is 2. The van der Waals surface area contributed by atoms with Crippen molar-refractivity contribution >= 4 is 62.1 Å². The third-order valence-corrected chi connectivity index (χ3v) is 7.49. The lowest BCUT2D eigenvalue weighted by molar-refractivity contribution is -0.137. The molecular weight excluding hydrogens is 618 g/mol. The summed E-state index contributed by atoms with van der Waals surface area (Å²) in [6.45, 7) is 1.13. The number of halogens is 5. The number of anilines is 3. The molecule has 42 heavy (non-hydrogen) atoms. The second kappa shape index (κ2) is 12.3. The molecule has 0 spiro atoms. The molecule has 4 rings (SSSR count). The molecule has 0 radical (unpaired) electrons. The molecule has 218 valence electrons. The molecule has 0 saturated heterocycles. The topological polar surface area (TPSA) is 114 Å². The predicted molar refractivity (Wildman–Crippen MR) is 154 cm³/mol. The number of para-hydroxylation sites is 1. The summed E-state index contributed by atoms with van der Waals surface area (Å²) in [5, 5.41) is 4.78. The number of hydrogen-bond donors (Lipinski definition) is 3. The number of amides is 2. The van der Waals surface area contributed by atoms with Crippen molar-refractivity contribution in [2.24, 2.45) is 0 Å². The van der Waals surface area contributed by atoms with Gasteiger partial charge in [-0.15, -0.1) is 0 Å². The number of alkyl halides is 3. The van der Waals surface area contributed by atoms with Gasteiger partial charge in [0.05, 0.1) is 32.4 Å². The minimum absolute atomic E-state index is 0.0289. The lowest BCUT2D eigenvalue weighted by Crippen LogP contribution is -2.20. The summed E-state index contributed by atoms with van der Waals surface area (Å²) in [7, 11) is -4.28. The third-order valence-electron chi connectivity index (χ3n) is 5.56. The van der Waals surface area contributed by atoms with Crippen molar-refractivity contribution in [2.45, 2.75) is 18.0 Å². The van der Waals surface area contributed by atoms with Gasteiger partial charge in [-0.3, -0.25) is 14.3 Å². The Morgan fingerprint density at radius 3 is 2.14 bits per heavy atom. The van der Waals surface area contributed by atoms with Crippen molar-refractivity contribution < 1.29 is 35.9 Å². The van der Waals surface area contributed by atoms with Gasteiger partial charge in [0.15, 0.2) is 0 Å². The van der Waals surface area contributed by atoms with Crippen LogP contribution in [0.3, 0.4) is 0 Å². The molecule has 0 aliphatic carbocycles. The van der Waals surface area contributed by atoms with Gasteiger partial charge in [-0.25, -0.2) is 8.42 Å². The summed E-state index contributed by atoms with van der Waals surface area (Å²) in [6.07, 6.45) is -4.89. The zero-order valence-corrected chi connectivity index (χ0v) is 23.8. The van der Waals surface area contributed by atoms with E-state index in [0.29, 0.717) is 22.6 Å². The van der Waals surface area contributed by atoms with Crippen molar-refractivity contribution in [3.63, 3.8) is 0 Å². The van der Waals surface area contributed by atoms with Gasteiger partial charge in [-0.2, -0.15) is 13.2 Å². The first-order chi connectivity index (χ1) is 19.7. The van der Waals surface area contributed by atoms with Gasteiger partial charge >= 0.3 is 6.18 Å². The van der Waals surface area contributed by atoms with E-state index in [1.807, 2.05) is 0 Å². The van der Waals surface area contributed by atoms with Crippen LogP contribution in [0.5, 0.6) is 11.5 Å². The Labute approximate surface area is 248 Å². The molecule has 4 aromatic carbocycles. The maximum absolute atomic E-state index is 13.8. The van der Waals surface area contributed by atoms with Crippen molar-refractivity contribution in [3.8, 4) is 11.5 Å². The molecule has 0 aromatic heterocycles. The van der Waals surface area contributed by atoms with E-state index in [1.165, 1.54) is 42.5 Å². The van der Waals surface area contributed by atoms with E-state index in [-0.39, 0.29) is 26.9 Å². The number of nitrogens with one attached hydrogen (secondary N) is 3. The first kappa shape index (κ1) is 30.7. The highest BCUT2D eigenvalue weighted by Gasteiger charge is 2.34. The Morgan fingerprint density at radius 2 is 1.50 bits per heavy atom. The number of sulfonamides is 1. The highest BCUT2D eigenvalue weighted by molar-refractivity contribution is 7.92. The van der Waals surface area contributed by atoms with Crippen molar-refractivity contribution in [1.82, 2.24) is 0 Å². The van der Waals surface area contributed by atoms with Crippen LogP contribution in [0.25, 0.3) is 0 Å². The fourth-order valence-corrected chi connectivity index (χ4v) is 5.12. The van der Waals surface area contributed by atoms with Crippen molar-refractivity contribution in [1.29, 1.82) is 0 Å². The molecule has 8 nitrogen and oxygen atoms in total. The number of ether oxygens (including phenoxy) is 1. The summed E-state index contributed by atoms with van der Waals surface area (Å²) < 4.78 is 75.4. The smallest absolute Gasteiger partial charge is 0.418 e. The number of rotatable bonds is 8. The van der Waals surface area contributed by atoms with Crippen molar-refractivity contribution in [3.05, 3.63) is 106 Å². The van der Waals surface area contributed by atoms with Crippen LogP contribution >= 0.6 is 23.2 Å². The highest BCUT2D eigenvalue weighted by atomic mass is 35.5. The Hall–Kier alpha value is -4.26. The van der Waals surface area contributed by atoms with E-state index >= 15 is 0 Å². The normalized spacial score (nSPS) is 11.5. The fraction of sp³-hybridized carbons (Fsp3) is 0.0714. The van der Waals surface area contributed by atoms with Crippen LogP contribution in [0, 0.1) is 0 Å². The van der Waals surface area contributed by atoms with Gasteiger partial charge in [0, 0.05) is 17.6 Å². The largest absolute Gasteiger partial charge is 0.456 e. The molecule has 3 N–H and O–H groups in total. The zero-order valence-electron chi connectivity index (χ0n) is 21.4. The van der Waals surface area contributed by atoms with E-state index in [4.69, 9.17) is 27.9 Å². The zero-order chi connectivity index (χ0) is 30.7. The molecule has 14 heteroatoms. The first-order valence-corrected chi connectivity index (χ1v) is 14.1. The second-order valence-corrected chi connectivity index (χ2v) is 11.2. The second-order valence-electron chi connectivity index (χ2n) is 8.69. The molecule has 0 saturated carbocycles. The number of carbonyl (C=O) groups is 2. The van der Waals surface area contributed by atoms with E-state index in [0.717, 1.165) is 19.1 Å².